The zero-order valence-electron chi connectivity index (χ0n) is 17.3. The number of nitrogens with zero attached hydrogens (tertiary/aromatic N) is 5. The quantitative estimate of drug-likeness (QED) is 0.799. The van der Waals surface area contributed by atoms with E-state index in [1.54, 1.807) is 0 Å². The Balaban J connectivity index is 1.39. The summed E-state index contributed by atoms with van der Waals surface area (Å²) in [5, 5.41) is 4.48. The molecule has 0 aliphatic carbocycles. The molecule has 0 radical (unpaired) electrons. The van der Waals surface area contributed by atoms with Crippen LogP contribution in [0.5, 0.6) is 0 Å². The van der Waals surface area contributed by atoms with E-state index in [0.717, 1.165) is 50.4 Å². The normalized spacial score (nSPS) is 22.5. The minimum atomic E-state index is 0.303. The van der Waals surface area contributed by atoms with Crippen molar-refractivity contribution < 1.29 is 4.79 Å². The molecule has 28 heavy (non-hydrogen) atoms. The highest BCUT2D eigenvalue weighted by Gasteiger charge is 2.37. The number of piperidine rings is 1. The molecule has 2 bridgehead atoms. The average Bonchev–Trinajstić information content (AvgIpc) is 2.86. The van der Waals surface area contributed by atoms with Crippen LogP contribution in [0.2, 0.25) is 0 Å². The third kappa shape index (κ3) is 3.97. The molecule has 3 aliphatic rings. The molecule has 2 atom stereocenters. The molecule has 0 aromatic carbocycles. The molecule has 6 nitrogen and oxygen atoms in total. The molecule has 1 amide bonds. The van der Waals surface area contributed by atoms with Crippen molar-refractivity contribution in [1.29, 1.82) is 0 Å². The SMILES string of the molecule is Cc1nn(C)c(C)c1CCC(=O)N1C[C@H]2CC[C@@H]1CN(Cc1ccccn1)C2. The van der Waals surface area contributed by atoms with Gasteiger partial charge in [-0.1, -0.05) is 6.07 Å². The number of carbonyl (C=O) groups excluding carboxylic acids is 1. The lowest BCUT2D eigenvalue weighted by atomic mass is 9.94. The molecule has 3 aliphatic heterocycles. The summed E-state index contributed by atoms with van der Waals surface area (Å²) in [6.07, 6.45) is 5.58. The van der Waals surface area contributed by atoms with Gasteiger partial charge in [0.2, 0.25) is 5.91 Å². The van der Waals surface area contributed by atoms with E-state index in [0.29, 0.717) is 24.3 Å². The van der Waals surface area contributed by atoms with E-state index in [1.165, 1.54) is 17.7 Å². The van der Waals surface area contributed by atoms with Crippen LogP contribution in [0.4, 0.5) is 0 Å². The molecule has 5 rings (SSSR count). The fraction of sp³-hybridized carbons (Fsp3) is 0.591. The Morgan fingerprint density at radius 3 is 2.75 bits per heavy atom. The van der Waals surface area contributed by atoms with Crippen LogP contribution >= 0.6 is 0 Å². The Morgan fingerprint density at radius 2 is 2.04 bits per heavy atom. The van der Waals surface area contributed by atoms with Crippen molar-refractivity contribution in [1.82, 2.24) is 24.6 Å². The number of hydrogen-bond donors (Lipinski definition) is 0. The van der Waals surface area contributed by atoms with Crippen LogP contribution in [-0.2, 0) is 24.8 Å². The van der Waals surface area contributed by atoms with Crippen LogP contribution in [-0.4, -0.2) is 56.1 Å². The van der Waals surface area contributed by atoms with Crippen LogP contribution in [0.1, 0.15) is 41.9 Å². The molecule has 2 aromatic heterocycles. The van der Waals surface area contributed by atoms with Crippen LogP contribution in [0.25, 0.3) is 0 Å². The molecular weight excluding hydrogens is 350 g/mol. The maximum atomic E-state index is 13.1. The molecule has 6 heteroatoms. The Kier molecular flexibility index (Phi) is 5.49. The summed E-state index contributed by atoms with van der Waals surface area (Å²) in [6.45, 7) is 7.94. The van der Waals surface area contributed by atoms with Crippen molar-refractivity contribution in [2.24, 2.45) is 13.0 Å². The van der Waals surface area contributed by atoms with Crippen molar-refractivity contribution in [2.45, 2.75) is 52.1 Å². The number of aromatic nitrogens is 3. The number of rotatable bonds is 5. The van der Waals surface area contributed by atoms with Crippen molar-refractivity contribution >= 4 is 5.91 Å². The van der Waals surface area contributed by atoms with Crippen LogP contribution in [0.15, 0.2) is 24.4 Å². The van der Waals surface area contributed by atoms with E-state index >= 15 is 0 Å². The van der Waals surface area contributed by atoms with Gasteiger partial charge in [0.1, 0.15) is 0 Å². The smallest absolute Gasteiger partial charge is 0.223 e. The van der Waals surface area contributed by atoms with E-state index in [-0.39, 0.29) is 0 Å². The number of pyridine rings is 1. The molecule has 150 valence electrons. The van der Waals surface area contributed by atoms with Crippen LogP contribution in [0.3, 0.4) is 0 Å². The lowest BCUT2D eigenvalue weighted by molar-refractivity contribution is -0.135. The van der Waals surface area contributed by atoms with E-state index in [2.05, 4.69) is 32.9 Å². The Hall–Kier alpha value is -2.21. The van der Waals surface area contributed by atoms with E-state index in [1.807, 2.05) is 37.0 Å². The summed E-state index contributed by atoms with van der Waals surface area (Å²) in [5.41, 5.74) is 4.56. The van der Waals surface area contributed by atoms with Gasteiger partial charge in [0.25, 0.3) is 0 Å². The molecule has 0 N–H and O–H groups in total. The topological polar surface area (TPSA) is 54.3 Å². The van der Waals surface area contributed by atoms with Gasteiger partial charge in [-0.25, -0.2) is 0 Å². The van der Waals surface area contributed by atoms with Crippen molar-refractivity contribution in [3.8, 4) is 0 Å². The summed E-state index contributed by atoms with van der Waals surface area (Å²) in [5.74, 6) is 0.880. The number of aryl methyl sites for hydroxylation is 2. The predicted molar refractivity (Wildman–Crippen MR) is 109 cm³/mol. The van der Waals surface area contributed by atoms with Crippen molar-refractivity contribution in [2.75, 3.05) is 19.6 Å². The van der Waals surface area contributed by atoms with Gasteiger partial charge >= 0.3 is 0 Å². The number of fused-ring (bicyclic) bond motifs is 4. The number of hydrogen-bond acceptors (Lipinski definition) is 4. The molecule has 0 unspecified atom stereocenters. The summed E-state index contributed by atoms with van der Waals surface area (Å²) < 4.78 is 1.92. The second-order valence-corrected chi connectivity index (χ2v) is 8.43. The fourth-order valence-electron chi connectivity index (χ4n) is 4.89. The van der Waals surface area contributed by atoms with Gasteiger partial charge in [-0.15, -0.1) is 0 Å². The molecule has 3 fully saturated rings. The Morgan fingerprint density at radius 1 is 1.18 bits per heavy atom. The summed E-state index contributed by atoms with van der Waals surface area (Å²) >= 11 is 0. The predicted octanol–water partition coefficient (Wildman–Crippen LogP) is 2.49. The first-order valence-corrected chi connectivity index (χ1v) is 10.4. The van der Waals surface area contributed by atoms with Crippen LogP contribution in [0, 0.1) is 19.8 Å². The van der Waals surface area contributed by atoms with Crippen molar-refractivity contribution in [3.05, 3.63) is 47.0 Å². The molecule has 0 spiro atoms. The third-order valence-electron chi connectivity index (χ3n) is 6.47. The Bertz CT molecular complexity index is 831. The van der Waals surface area contributed by atoms with Gasteiger partial charge in [0.15, 0.2) is 0 Å². The first-order valence-electron chi connectivity index (χ1n) is 10.4. The van der Waals surface area contributed by atoms with Gasteiger partial charge in [-0.2, -0.15) is 5.10 Å². The number of carbonyl (C=O) groups is 1. The second kappa shape index (κ2) is 8.03. The number of amides is 1. The minimum absolute atomic E-state index is 0.303. The largest absolute Gasteiger partial charge is 0.338 e. The molecule has 0 saturated carbocycles. The maximum absolute atomic E-state index is 13.1. The maximum Gasteiger partial charge on any atom is 0.223 e. The summed E-state index contributed by atoms with van der Waals surface area (Å²) in [7, 11) is 1.97. The standard InChI is InChI=1S/C22H31N5O/c1-16-21(17(2)25(3)24-16)9-10-22(28)27-13-18-7-8-20(27)15-26(12-18)14-19-6-4-5-11-23-19/h4-6,11,18,20H,7-10,12-15H2,1-3H3/t18-,20+/m0/s1. The molecule has 5 heterocycles. The van der Waals surface area contributed by atoms with Gasteiger partial charge in [-0.05, 0) is 56.7 Å². The van der Waals surface area contributed by atoms with Gasteiger partial charge in [0, 0.05) is 57.6 Å². The zero-order chi connectivity index (χ0) is 19.7. The van der Waals surface area contributed by atoms with Crippen LogP contribution < -0.4 is 0 Å². The summed E-state index contributed by atoms with van der Waals surface area (Å²) in [6, 6.07) is 6.44. The highest BCUT2D eigenvalue weighted by atomic mass is 16.2. The van der Waals surface area contributed by atoms with Crippen molar-refractivity contribution in [3.63, 3.8) is 0 Å². The zero-order valence-corrected chi connectivity index (χ0v) is 17.3. The van der Waals surface area contributed by atoms with Gasteiger partial charge < -0.3 is 4.90 Å². The minimum Gasteiger partial charge on any atom is -0.338 e. The third-order valence-corrected chi connectivity index (χ3v) is 6.47. The van der Waals surface area contributed by atoms with E-state index in [4.69, 9.17) is 0 Å². The van der Waals surface area contributed by atoms with Gasteiger partial charge in [-0.3, -0.25) is 19.4 Å². The summed E-state index contributed by atoms with van der Waals surface area (Å²) in [4.78, 5) is 22.2. The first-order chi connectivity index (χ1) is 13.5. The first kappa shape index (κ1) is 19.1. The highest BCUT2D eigenvalue weighted by molar-refractivity contribution is 5.77. The second-order valence-electron chi connectivity index (χ2n) is 8.43. The fourth-order valence-corrected chi connectivity index (χ4v) is 4.89. The monoisotopic (exact) mass is 381 g/mol. The van der Waals surface area contributed by atoms with Gasteiger partial charge in [0.05, 0.1) is 11.4 Å². The average molecular weight is 382 g/mol. The molecular formula is C22H31N5O. The lowest BCUT2D eigenvalue weighted by Gasteiger charge is -2.36. The Labute approximate surface area is 167 Å². The van der Waals surface area contributed by atoms with E-state index < -0.39 is 0 Å². The lowest BCUT2D eigenvalue weighted by Crippen LogP contribution is -2.47. The highest BCUT2D eigenvalue weighted by Crippen LogP contribution is 2.29. The molecule has 2 aromatic rings. The molecule has 3 saturated heterocycles. The van der Waals surface area contributed by atoms with E-state index in [9.17, 15) is 4.79 Å².